The average molecular weight is 371 g/mol. The maximum Gasteiger partial charge on any atom is 0.270 e. The van der Waals surface area contributed by atoms with Crippen molar-refractivity contribution in [1.82, 2.24) is 15.6 Å². The number of pyridine rings is 1. The molecule has 1 fully saturated rings. The molecule has 7 nitrogen and oxygen atoms in total. The molecule has 0 radical (unpaired) electrons. The number of para-hydroxylation sites is 1. The number of aromatic nitrogens is 1. The molecule has 3 atom stereocenters. The van der Waals surface area contributed by atoms with Gasteiger partial charge in [0.05, 0.1) is 18.2 Å². The standard InChI is InChI=1S/C20H25N3O4/c1-12(2)11-17(19(25)22-16-9-10-27-20(16)26)23-18(24)15-8-7-13-5-3-4-6-14(13)21-15/h3-8,12,16-17,20,26H,9-11H2,1-2H3,(H,22,25)(H,23,24)/t16-,17-,20?/m0/s1. The maximum absolute atomic E-state index is 12.7. The van der Waals surface area contributed by atoms with E-state index in [-0.39, 0.29) is 17.5 Å². The van der Waals surface area contributed by atoms with Gasteiger partial charge in [-0.2, -0.15) is 0 Å². The zero-order valence-corrected chi connectivity index (χ0v) is 15.5. The molecule has 0 bridgehead atoms. The summed E-state index contributed by atoms with van der Waals surface area (Å²) in [6.45, 7) is 4.36. The van der Waals surface area contributed by atoms with Crippen molar-refractivity contribution < 1.29 is 19.4 Å². The fourth-order valence-electron chi connectivity index (χ4n) is 3.13. The van der Waals surface area contributed by atoms with E-state index in [1.54, 1.807) is 6.07 Å². The lowest BCUT2D eigenvalue weighted by Gasteiger charge is -2.23. The van der Waals surface area contributed by atoms with Crippen molar-refractivity contribution in [2.24, 2.45) is 5.92 Å². The van der Waals surface area contributed by atoms with Gasteiger partial charge in [0.15, 0.2) is 6.29 Å². The zero-order valence-electron chi connectivity index (χ0n) is 15.5. The Kier molecular flexibility index (Phi) is 6.03. The van der Waals surface area contributed by atoms with Crippen LogP contribution in [-0.4, -0.2) is 46.9 Å². The summed E-state index contributed by atoms with van der Waals surface area (Å²) in [5.74, 6) is -0.521. The maximum atomic E-state index is 12.7. The summed E-state index contributed by atoms with van der Waals surface area (Å²) in [6, 6.07) is 9.85. The number of rotatable bonds is 6. The van der Waals surface area contributed by atoms with Gasteiger partial charge in [-0.15, -0.1) is 0 Å². The Balaban J connectivity index is 1.72. The first-order valence-corrected chi connectivity index (χ1v) is 9.20. The third-order valence-electron chi connectivity index (χ3n) is 4.55. The van der Waals surface area contributed by atoms with E-state index in [1.807, 2.05) is 44.2 Å². The Hall–Kier alpha value is -2.51. The number of hydrogen-bond acceptors (Lipinski definition) is 5. The van der Waals surface area contributed by atoms with Crippen molar-refractivity contribution in [1.29, 1.82) is 0 Å². The molecule has 1 saturated heterocycles. The Morgan fingerprint density at radius 2 is 2.04 bits per heavy atom. The van der Waals surface area contributed by atoms with Gasteiger partial charge >= 0.3 is 0 Å². The Bertz CT molecular complexity index is 824. The molecule has 0 spiro atoms. The minimum Gasteiger partial charge on any atom is -0.366 e. The van der Waals surface area contributed by atoms with E-state index in [4.69, 9.17) is 4.74 Å². The molecule has 0 aliphatic carbocycles. The van der Waals surface area contributed by atoms with E-state index in [0.29, 0.717) is 19.4 Å². The first-order valence-electron chi connectivity index (χ1n) is 9.20. The van der Waals surface area contributed by atoms with Crippen LogP contribution in [0.3, 0.4) is 0 Å². The van der Waals surface area contributed by atoms with Crippen molar-refractivity contribution in [3.63, 3.8) is 0 Å². The van der Waals surface area contributed by atoms with Crippen molar-refractivity contribution in [2.45, 2.75) is 45.1 Å². The quantitative estimate of drug-likeness (QED) is 0.716. The largest absolute Gasteiger partial charge is 0.366 e. The molecule has 1 unspecified atom stereocenters. The summed E-state index contributed by atoms with van der Waals surface area (Å²) < 4.78 is 5.06. The number of nitrogens with one attached hydrogen (secondary N) is 2. The topological polar surface area (TPSA) is 101 Å². The predicted octanol–water partition coefficient (Wildman–Crippen LogP) is 1.60. The van der Waals surface area contributed by atoms with E-state index in [2.05, 4.69) is 15.6 Å². The number of aliphatic hydroxyl groups is 1. The molecule has 1 aromatic heterocycles. The summed E-state index contributed by atoms with van der Waals surface area (Å²) in [7, 11) is 0. The van der Waals surface area contributed by atoms with E-state index < -0.39 is 24.3 Å². The van der Waals surface area contributed by atoms with Gasteiger partial charge in [-0.05, 0) is 30.9 Å². The van der Waals surface area contributed by atoms with Gasteiger partial charge in [0, 0.05) is 5.39 Å². The number of fused-ring (bicyclic) bond motifs is 1. The lowest BCUT2D eigenvalue weighted by atomic mass is 10.0. The van der Waals surface area contributed by atoms with Crippen LogP contribution < -0.4 is 10.6 Å². The van der Waals surface area contributed by atoms with Crippen LogP contribution >= 0.6 is 0 Å². The second-order valence-corrected chi connectivity index (χ2v) is 7.21. The normalized spacial score (nSPS) is 20.6. The van der Waals surface area contributed by atoms with Crippen molar-refractivity contribution in [3.8, 4) is 0 Å². The van der Waals surface area contributed by atoms with Crippen molar-refractivity contribution >= 4 is 22.7 Å². The third-order valence-corrected chi connectivity index (χ3v) is 4.55. The molecular formula is C20H25N3O4. The summed E-state index contributed by atoms with van der Waals surface area (Å²) in [6.07, 6.45) is 0.0163. The lowest BCUT2D eigenvalue weighted by molar-refractivity contribution is -0.127. The fraction of sp³-hybridized carbons (Fsp3) is 0.450. The predicted molar refractivity (Wildman–Crippen MR) is 101 cm³/mol. The van der Waals surface area contributed by atoms with E-state index >= 15 is 0 Å². The number of amides is 2. The summed E-state index contributed by atoms with van der Waals surface area (Å²) in [5, 5.41) is 16.2. The van der Waals surface area contributed by atoms with Gasteiger partial charge in [0.1, 0.15) is 11.7 Å². The molecule has 2 amide bonds. The summed E-state index contributed by atoms with van der Waals surface area (Å²) in [5.41, 5.74) is 0.987. The number of carbonyl (C=O) groups excluding carboxylic acids is 2. The molecule has 1 aliphatic rings. The van der Waals surface area contributed by atoms with Gasteiger partial charge < -0.3 is 20.5 Å². The highest BCUT2D eigenvalue weighted by atomic mass is 16.6. The Morgan fingerprint density at radius 1 is 1.26 bits per heavy atom. The Labute approximate surface area is 158 Å². The van der Waals surface area contributed by atoms with Gasteiger partial charge in [-0.25, -0.2) is 4.98 Å². The highest BCUT2D eigenvalue weighted by Gasteiger charge is 2.31. The molecule has 3 N–H and O–H groups in total. The summed E-state index contributed by atoms with van der Waals surface area (Å²) in [4.78, 5) is 29.7. The number of ether oxygens (including phenoxy) is 1. The summed E-state index contributed by atoms with van der Waals surface area (Å²) >= 11 is 0. The molecular weight excluding hydrogens is 346 g/mol. The lowest BCUT2D eigenvalue weighted by Crippen LogP contribution is -2.52. The molecule has 144 valence electrons. The van der Waals surface area contributed by atoms with E-state index in [0.717, 1.165) is 10.9 Å². The van der Waals surface area contributed by atoms with Gasteiger partial charge in [-0.3, -0.25) is 9.59 Å². The second-order valence-electron chi connectivity index (χ2n) is 7.21. The van der Waals surface area contributed by atoms with Crippen LogP contribution in [-0.2, 0) is 9.53 Å². The molecule has 1 aromatic carbocycles. The molecule has 2 aromatic rings. The van der Waals surface area contributed by atoms with Crippen LogP contribution in [0, 0.1) is 5.92 Å². The SMILES string of the molecule is CC(C)C[C@H](NC(=O)c1ccc2ccccc2n1)C(=O)N[C@H]1CCOC1O. The third kappa shape index (κ3) is 4.81. The van der Waals surface area contributed by atoms with Gasteiger partial charge in [-0.1, -0.05) is 38.1 Å². The number of hydrogen-bond donors (Lipinski definition) is 3. The van der Waals surface area contributed by atoms with Crippen molar-refractivity contribution in [2.75, 3.05) is 6.61 Å². The van der Waals surface area contributed by atoms with Crippen LogP contribution in [0.4, 0.5) is 0 Å². The van der Waals surface area contributed by atoms with Crippen LogP contribution in [0.1, 0.15) is 37.2 Å². The first kappa shape index (κ1) is 19.3. The Morgan fingerprint density at radius 3 is 2.74 bits per heavy atom. The minimum atomic E-state index is -1.01. The van der Waals surface area contributed by atoms with Crippen LogP contribution in [0.2, 0.25) is 0 Å². The molecule has 7 heteroatoms. The number of carbonyl (C=O) groups is 2. The van der Waals surface area contributed by atoms with Crippen molar-refractivity contribution in [3.05, 3.63) is 42.1 Å². The molecule has 27 heavy (non-hydrogen) atoms. The van der Waals surface area contributed by atoms with Crippen LogP contribution in [0.5, 0.6) is 0 Å². The van der Waals surface area contributed by atoms with Gasteiger partial charge in [0.25, 0.3) is 5.91 Å². The molecule has 2 heterocycles. The zero-order chi connectivity index (χ0) is 19.4. The molecule has 0 saturated carbocycles. The number of nitrogens with zero attached hydrogens (tertiary/aromatic N) is 1. The fourth-order valence-corrected chi connectivity index (χ4v) is 3.13. The highest BCUT2D eigenvalue weighted by molar-refractivity contribution is 5.97. The monoisotopic (exact) mass is 371 g/mol. The average Bonchev–Trinajstić information content (AvgIpc) is 3.05. The van der Waals surface area contributed by atoms with Crippen LogP contribution in [0.25, 0.3) is 10.9 Å². The van der Waals surface area contributed by atoms with Crippen LogP contribution in [0.15, 0.2) is 36.4 Å². The first-order chi connectivity index (χ1) is 12.9. The van der Waals surface area contributed by atoms with Gasteiger partial charge in [0.2, 0.25) is 5.91 Å². The second kappa shape index (κ2) is 8.45. The minimum absolute atomic E-state index is 0.204. The highest BCUT2D eigenvalue weighted by Crippen LogP contribution is 2.14. The van der Waals surface area contributed by atoms with E-state index in [1.165, 1.54) is 0 Å². The smallest absolute Gasteiger partial charge is 0.270 e. The van der Waals surface area contributed by atoms with E-state index in [9.17, 15) is 14.7 Å². The molecule has 1 aliphatic heterocycles. The number of benzene rings is 1. The number of aliphatic hydroxyl groups excluding tert-OH is 1. The molecule has 3 rings (SSSR count).